The first-order valence-electron chi connectivity index (χ1n) is 6.09. The fourth-order valence-corrected chi connectivity index (χ4v) is 2.51. The van der Waals surface area contributed by atoms with Gasteiger partial charge in [-0.15, -0.1) is 0 Å². The maximum absolute atomic E-state index is 12.3. The minimum atomic E-state index is -0.827. The minimum Gasteiger partial charge on any atom is -0.277 e. The van der Waals surface area contributed by atoms with E-state index in [1.165, 1.54) is 0 Å². The molecule has 0 bridgehead atoms. The molecule has 0 aromatic heterocycles. The average Bonchev–Trinajstić information content (AvgIpc) is 2.38. The van der Waals surface area contributed by atoms with Crippen molar-refractivity contribution in [3.05, 3.63) is 27.7 Å². The van der Waals surface area contributed by atoms with E-state index in [9.17, 15) is 14.4 Å². The summed E-state index contributed by atoms with van der Waals surface area (Å²) in [4.78, 5) is 36.9. The molecule has 7 heteroatoms. The van der Waals surface area contributed by atoms with Crippen LogP contribution in [0.25, 0.3) is 0 Å². The Morgan fingerprint density at radius 3 is 2.65 bits per heavy atom. The Kier molecular flexibility index (Phi) is 4.45. The van der Waals surface area contributed by atoms with Gasteiger partial charge in [-0.25, -0.2) is 9.69 Å². The van der Waals surface area contributed by atoms with Crippen LogP contribution in [0.3, 0.4) is 0 Å². The van der Waals surface area contributed by atoms with Gasteiger partial charge in [-0.3, -0.25) is 14.9 Å². The maximum atomic E-state index is 12.3. The molecule has 1 aliphatic heterocycles. The molecule has 0 radical (unpaired) electrons. The predicted octanol–water partition coefficient (Wildman–Crippen LogP) is 3.10. The number of anilines is 1. The Hall–Kier alpha value is -1.40. The van der Waals surface area contributed by atoms with Crippen LogP contribution >= 0.6 is 27.5 Å². The van der Waals surface area contributed by atoms with E-state index in [-0.39, 0.29) is 0 Å². The second-order valence-corrected chi connectivity index (χ2v) is 5.67. The summed E-state index contributed by atoms with van der Waals surface area (Å²) < 4.78 is 0.571. The zero-order valence-electron chi connectivity index (χ0n) is 10.7. The number of amides is 4. The highest BCUT2D eigenvalue weighted by atomic mass is 79.9. The Bertz CT molecular complexity index is 591. The summed E-state index contributed by atoms with van der Waals surface area (Å²) in [5.74, 6) is -1.87. The number of hydrogen-bond donors (Lipinski definition) is 1. The van der Waals surface area contributed by atoms with Crippen molar-refractivity contribution in [2.24, 2.45) is 5.92 Å². The van der Waals surface area contributed by atoms with Gasteiger partial charge in [0.25, 0.3) is 0 Å². The molecule has 1 aromatic rings. The molecule has 1 saturated heterocycles. The monoisotopic (exact) mass is 358 g/mol. The van der Waals surface area contributed by atoms with Crippen molar-refractivity contribution in [2.75, 3.05) is 4.90 Å². The Morgan fingerprint density at radius 2 is 2.05 bits per heavy atom. The van der Waals surface area contributed by atoms with E-state index in [1.54, 1.807) is 18.2 Å². The Labute approximate surface area is 129 Å². The maximum Gasteiger partial charge on any atom is 0.335 e. The van der Waals surface area contributed by atoms with Gasteiger partial charge in [0.2, 0.25) is 11.8 Å². The minimum absolute atomic E-state index is 0.373. The van der Waals surface area contributed by atoms with Crippen LogP contribution in [0.2, 0.25) is 5.02 Å². The van der Waals surface area contributed by atoms with Crippen LogP contribution in [-0.2, 0) is 9.59 Å². The summed E-state index contributed by atoms with van der Waals surface area (Å²) in [6, 6.07) is 3.97. The molecule has 1 aliphatic rings. The summed E-state index contributed by atoms with van der Waals surface area (Å²) in [7, 11) is 0. The van der Waals surface area contributed by atoms with Crippen molar-refractivity contribution >= 4 is 51.1 Å². The molecule has 1 aromatic carbocycles. The van der Waals surface area contributed by atoms with Crippen LogP contribution < -0.4 is 10.2 Å². The Morgan fingerprint density at radius 1 is 1.35 bits per heavy atom. The second kappa shape index (κ2) is 5.93. The zero-order chi connectivity index (χ0) is 14.9. The molecule has 0 spiro atoms. The normalized spacial score (nSPS) is 19.2. The van der Waals surface area contributed by atoms with Crippen molar-refractivity contribution in [1.82, 2.24) is 5.32 Å². The number of urea groups is 1. The SMILES string of the molecule is CCCC1C(=O)NC(=O)N(c2ccc(Cl)c(Br)c2)C1=O. The van der Waals surface area contributed by atoms with Crippen LogP contribution in [0.4, 0.5) is 10.5 Å². The molecule has 1 atom stereocenters. The average molecular weight is 360 g/mol. The molecule has 2 rings (SSSR count). The van der Waals surface area contributed by atoms with Gasteiger partial charge in [-0.2, -0.15) is 0 Å². The number of benzene rings is 1. The number of barbiturate groups is 1. The fraction of sp³-hybridized carbons (Fsp3) is 0.308. The number of imide groups is 2. The van der Waals surface area contributed by atoms with Gasteiger partial charge in [0.05, 0.1) is 10.7 Å². The standard InChI is InChI=1S/C13H12BrClN2O3/c1-2-3-8-11(18)16-13(20)17(12(8)19)7-4-5-10(15)9(14)6-7/h4-6,8H,2-3H2,1H3,(H,16,18,20). The summed E-state index contributed by atoms with van der Waals surface area (Å²) >= 11 is 9.13. The first-order valence-corrected chi connectivity index (χ1v) is 7.26. The lowest BCUT2D eigenvalue weighted by molar-refractivity contribution is -0.134. The van der Waals surface area contributed by atoms with Crippen molar-refractivity contribution in [3.8, 4) is 0 Å². The van der Waals surface area contributed by atoms with E-state index in [1.807, 2.05) is 6.92 Å². The van der Waals surface area contributed by atoms with E-state index in [0.29, 0.717) is 28.0 Å². The number of carbonyl (C=O) groups is 3. The van der Waals surface area contributed by atoms with E-state index < -0.39 is 23.8 Å². The topological polar surface area (TPSA) is 66.5 Å². The lowest BCUT2D eigenvalue weighted by atomic mass is 9.99. The van der Waals surface area contributed by atoms with Crippen molar-refractivity contribution < 1.29 is 14.4 Å². The second-order valence-electron chi connectivity index (χ2n) is 4.41. The molecule has 1 unspecified atom stereocenters. The van der Waals surface area contributed by atoms with Gasteiger partial charge in [-0.05, 0) is 40.5 Å². The van der Waals surface area contributed by atoms with Gasteiger partial charge >= 0.3 is 6.03 Å². The lowest BCUT2D eigenvalue weighted by Crippen LogP contribution is -2.58. The van der Waals surface area contributed by atoms with Crippen molar-refractivity contribution in [2.45, 2.75) is 19.8 Å². The highest BCUT2D eigenvalue weighted by Gasteiger charge is 2.40. The zero-order valence-corrected chi connectivity index (χ0v) is 13.0. The van der Waals surface area contributed by atoms with Crippen LogP contribution in [0.1, 0.15) is 19.8 Å². The fourth-order valence-electron chi connectivity index (χ4n) is 2.03. The van der Waals surface area contributed by atoms with E-state index in [4.69, 9.17) is 11.6 Å². The summed E-state index contributed by atoms with van der Waals surface area (Å²) in [6.07, 6.45) is 1.08. The van der Waals surface area contributed by atoms with E-state index in [0.717, 1.165) is 4.90 Å². The van der Waals surface area contributed by atoms with Crippen molar-refractivity contribution in [3.63, 3.8) is 0 Å². The third-order valence-corrected chi connectivity index (χ3v) is 4.22. The van der Waals surface area contributed by atoms with E-state index in [2.05, 4.69) is 21.2 Å². The first kappa shape index (κ1) is 15.0. The van der Waals surface area contributed by atoms with Crippen LogP contribution in [0, 0.1) is 5.92 Å². The number of carbonyl (C=O) groups excluding carboxylic acids is 3. The van der Waals surface area contributed by atoms with Gasteiger partial charge in [0.15, 0.2) is 0 Å². The van der Waals surface area contributed by atoms with Crippen molar-refractivity contribution in [1.29, 1.82) is 0 Å². The van der Waals surface area contributed by atoms with E-state index >= 15 is 0 Å². The third-order valence-electron chi connectivity index (χ3n) is 3.01. The highest BCUT2D eigenvalue weighted by Crippen LogP contribution is 2.30. The predicted molar refractivity (Wildman–Crippen MR) is 78.6 cm³/mol. The lowest BCUT2D eigenvalue weighted by Gasteiger charge is -2.30. The number of nitrogens with zero attached hydrogens (tertiary/aromatic N) is 1. The number of hydrogen-bond acceptors (Lipinski definition) is 3. The quantitative estimate of drug-likeness (QED) is 0.843. The summed E-state index contributed by atoms with van der Waals surface area (Å²) in [5, 5.41) is 2.68. The summed E-state index contributed by atoms with van der Waals surface area (Å²) in [5.41, 5.74) is 0.373. The largest absolute Gasteiger partial charge is 0.335 e. The van der Waals surface area contributed by atoms with Gasteiger partial charge in [-0.1, -0.05) is 24.9 Å². The summed E-state index contributed by atoms with van der Waals surface area (Å²) in [6.45, 7) is 1.88. The highest BCUT2D eigenvalue weighted by molar-refractivity contribution is 9.10. The smallest absolute Gasteiger partial charge is 0.277 e. The molecule has 1 fully saturated rings. The van der Waals surface area contributed by atoms with Crippen LogP contribution in [0.5, 0.6) is 0 Å². The van der Waals surface area contributed by atoms with Gasteiger partial charge in [0.1, 0.15) is 5.92 Å². The number of nitrogens with one attached hydrogen (secondary N) is 1. The first-order chi connectivity index (χ1) is 9.45. The molecule has 4 amide bonds. The Balaban J connectivity index is 2.38. The molecular weight excluding hydrogens is 348 g/mol. The molecule has 20 heavy (non-hydrogen) atoms. The molecule has 1 heterocycles. The molecule has 0 saturated carbocycles. The number of halogens is 2. The molecule has 1 N–H and O–H groups in total. The molecule has 106 valence electrons. The number of rotatable bonds is 3. The van der Waals surface area contributed by atoms with Gasteiger partial charge < -0.3 is 0 Å². The molecular formula is C13H12BrClN2O3. The van der Waals surface area contributed by atoms with Crippen LogP contribution in [-0.4, -0.2) is 17.8 Å². The molecule has 0 aliphatic carbocycles. The van der Waals surface area contributed by atoms with Gasteiger partial charge in [0, 0.05) is 4.47 Å². The van der Waals surface area contributed by atoms with Crippen LogP contribution in [0.15, 0.2) is 22.7 Å². The molecule has 5 nitrogen and oxygen atoms in total. The third kappa shape index (κ3) is 2.71.